The van der Waals surface area contributed by atoms with Gasteiger partial charge in [-0.25, -0.2) is 4.98 Å². The van der Waals surface area contributed by atoms with Gasteiger partial charge in [0.2, 0.25) is 0 Å². The minimum Gasteiger partial charge on any atom is -0.395 e. The van der Waals surface area contributed by atoms with E-state index in [1.807, 2.05) is 6.92 Å². The van der Waals surface area contributed by atoms with E-state index in [0.29, 0.717) is 5.65 Å². The van der Waals surface area contributed by atoms with E-state index in [2.05, 4.69) is 4.98 Å². The number of carbonyl (C=O) groups excluding carboxylic acids is 1. The van der Waals surface area contributed by atoms with E-state index in [1.165, 1.54) is 10.6 Å². The van der Waals surface area contributed by atoms with Crippen LogP contribution in [0.4, 0.5) is 0 Å². The van der Waals surface area contributed by atoms with Crippen molar-refractivity contribution >= 4 is 11.6 Å². The highest BCUT2D eigenvalue weighted by atomic mass is 16.3. The van der Waals surface area contributed by atoms with Crippen molar-refractivity contribution in [3.05, 3.63) is 46.0 Å². The van der Waals surface area contributed by atoms with Crippen LogP contribution in [0, 0.1) is 6.92 Å². The normalized spacial score (nSPS) is 14.4. The first-order valence-corrected chi connectivity index (χ1v) is 7.01. The number of carbonyl (C=O) groups is 1. The molecule has 3 rings (SSSR count). The van der Waals surface area contributed by atoms with E-state index >= 15 is 0 Å². The van der Waals surface area contributed by atoms with E-state index in [9.17, 15) is 9.59 Å². The molecule has 1 fully saturated rings. The van der Waals surface area contributed by atoms with Crippen LogP contribution >= 0.6 is 0 Å². The van der Waals surface area contributed by atoms with Crippen molar-refractivity contribution in [2.24, 2.45) is 0 Å². The zero-order valence-electron chi connectivity index (χ0n) is 11.8. The van der Waals surface area contributed by atoms with Crippen molar-refractivity contribution in [2.45, 2.75) is 25.8 Å². The summed E-state index contributed by atoms with van der Waals surface area (Å²) in [7, 11) is 0. The lowest BCUT2D eigenvalue weighted by atomic mass is 10.2. The molecule has 2 aromatic heterocycles. The molecule has 1 amide bonds. The fraction of sp³-hybridized carbons (Fsp3) is 0.400. The van der Waals surface area contributed by atoms with Crippen molar-refractivity contribution in [2.75, 3.05) is 13.2 Å². The summed E-state index contributed by atoms with van der Waals surface area (Å²) in [6, 6.07) is 3.74. The van der Waals surface area contributed by atoms with Crippen molar-refractivity contribution in [1.82, 2.24) is 14.3 Å². The third-order valence-corrected chi connectivity index (χ3v) is 3.69. The van der Waals surface area contributed by atoms with E-state index in [-0.39, 0.29) is 36.2 Å². The molecular formula is C15H17N3O3. The molecule has 0 atom stereocenters. The van der Waals surface area contributed by atoms with Crippen LogP contribution in [0.15, 0.2) is 29.3 Å². The lowest BCUT2D eigenvalue weighted by Crippen LogP contribution is -2.39. The maximum atomic E-state index is 12.5. The standard InChI is InChI=1S/C15H17N3O3/c1-10-4-5-18-13(8-10)16-9-12(15(18)21)14(20)17(6-7-19)11-2-3-11/h4-5,8-9,11,19H,2-3,6-7H2,1H3. The Balaban J connectivity index is 2.03. The van der Waals surface area contributed by atoms with Crippen molar-refractivity contribution in [1.29, 1.82) is 0 Å². The highest BCUT2D eigenvalue weighted by Crippen LogP contribution is 2.27. The summed E-state index contributed by atoms with van der Waals surface area (Å²) in [5, 5.41) is 9.09. The van der Waals surface area contributed by atoms with Gasteiger partial charge in [-0.3, -0.25) is 14.0 Å². The highest BCUT2D eigenvalue weighted by Gasteiger charge is 2.33. The van der Waals surface area contributed by atoms with Gasteiger partial charge in [-0.1, -0.05) is 0 Å². The van der Waals surface area contributed by atoms with Crippen LogP contribution in [0.2, 0.25) is 0 Å². The third-order valence-electron chi connectivity index (χ3n) is 3.69. The first-order valence-electron chi connectivity index (χ1n) is 7.01. The molecule has 0 aromatic carbocycles. The molecule has 1 N–H and O–H groups in total. The average Bonchev–Trinajstić information content (AvgIpc) is 3.29. The smallest absolute Gasteiger partial charge is 0.270 e. The highest BCUT2D eigenvalue weighted by molar-refractivity contribution is 5.94. The van der Waals surface area contributed by atoms with Crippen LogP contribution in [0.5, 0.6) is 0 Å². The number of aliphatic hydroxyl groups is 1. The minimum atomic E-state index is -0.367. The number of pyridine rings is 1. The molecule has 0 spiro atoms. The zero-order chi connectivity index (χ0) is 15.0. The summed E-state index contributed by atoms with van der Waals surface area (Å²) in [6.45, 7) is 2.06. The zero-order valence-corrected chi connectivity index (χ0v) is 11.8. The number of nitrogens with zero attached hydrogens (tertiary/aromatic N) is 3. The lowest BCUT2D eigenvalue weighted by molar-refractivity contribution is 0.0705. The Bertz CT molecular complexity index is 749. The van der Waals surface area contributed by atoms with Gasteiger partial charge in [0, 0.05) is 25.0 Å². The van der Waals surface area contributed by atoms with Crippen LogP contribution in [-0.4, -0.2) is 44.5 Å². The molecule has 1 aliphatic rings. The third kappa shape index (κ3) is 2.54. The van der Waals surface area contributed by atoms with Crippen LogP contribution in [0.3, 0.4) is 0 Å². The first kappa shape index (κ1) is 13.8. The molecule has 2 aromatic rings. The van der Waals surface area contributed by atoms with E-state index in [4.69, 9.17) is 5.11 Å². The van der Waals surface area contributed by atoms with Gasteiger partial charge < -0.3 is 10.0 Å². The van der Waals surface area contributed by atoms with Gasteiger partial charge >= 0.3 is 0 Å². The van der Waals surface area contributed by atoms with Crippen LogP contribution in [0.1, 0.15) is 28.8 Å². The summed E-state index contributed by atoms with van der Waals surface area (Å²) in [5.74, 6) is -0.348. The molecule has 1 aliphatic carbocycles. The van der Waals surface area contributed by atoms with Gasteiger partial charge in [0.05, 0.1) is 6.61 Å². The quantitative estimate of drug-likeness (QED) is 0.893. The Morgan fingerprint density at radius 1 is 1.52 bits per heavy atom. The average molecular weight is 287 g/mol. The summed E-state index contributed by atoms with van der Waals surface area (Å²) in [5.41, 5.74) is 1.21. The molecule has 6 nitrogen and oxygen atoms in total. The molecule has 6 heteroatoms. The van der Waals surface area contributed by atoms with Gasteiger partial charge in [0.15, 0.2) is 0 Å². The predicted molar refractivity (Wildman–Crippen MR) is 77.3 cm³/mol. The Morgan fingerprint density at radius 2 is 2.29 bits per heavy atom. The Labute approximate surface area is 121 Å². The van der Waals surface area contributed by atoms with E-state index in [1.54, 1.807) is 23.2 Å². The molecule has 0 unspecified atom stereocenters. The largest absolute Gasteiger partial charge is 0.395 e. The van der Waals surface area contributed by atoms with Crippen molar-refractivity contribution < 1.29 is 9.90 Å². The van der Waals surface area contributed by atoms with Gasteiger partial charge in [0.25, 0.3) is 11.5 Å². The van der Waals surface area contributed by atoms with Gasteiger partial charge in [-0.05, 0) is 37.5 Å². The van der Waals surface area contributed by atoms with Gasteiger partial charge in [-0.15, -0.1) is 0 Å². The summed E-state index contributed by atoms with van der Waals surface area (Å²) in [6.07, 6.45) is 4.82. The summed E-state index contributed by atoms with van der Waals surface area (Å²) in [4.78, 5) is 30.7. The van der Waals surface area contributed by atoms with Crippen LogP contribution in [0.25, 0.3) is 5.65 Å². The van der Waals surface area contributed by atoms with Crippen LogP contribution in [-0.2, 0) is 0 Å². The molecule has 110 valence electrons. The number of aryl methyl sites for hydroxylation is 1. The van der Waals surface area contributed by atoms with Gasteiger partial charge in [0.1, 0.15) is 11.2 Å². The van der Waals surface area contributed by atoms with E-state index < -0.39 is 0 Å². The molecule has 21 heavy (non-hydrogen) atoms. The maximum Gasteiger partial charge on any atom is 0.270 e. The maximum absolute atomic E-state index is 12.5. The van der Waals surface area contributed by atoms with Crippen molar-refractivity contribution in [3.63, 3.8) is 0 Å². The number of aromatic nitrogens is 2. The number of hydrogen-bond acceptors (Lipinski definition) is 4. The molecule has 0 aliphatic heterocycles. The number of rotatable bonds is 4. The second-order valence-corrected chi connectivity index (χ2v) is 5.36. The topological polar surface area (TPSA) is 74.9 Å². The number of aliphatic hydroxyl groups excluding tert-OH is 1. The predicted octanol–water partition coefficient (Wildman–Crippen LogP) is 0.600. The number of hydrogen-bond donors (Lipinski definition) is 1. The fourth-order valence-corrected chi connectivity index (χ4v) is 2.42. The lowest BCUT2D eigenvalue weighted by Gasteiger charge is -2.20. The second-order valence-electron chi connectivity index (χ2n) is 5.36. The molecule has 0 saturated heterocycles. The SMILES string of the molecule is Cc1ccn2c(=O)c(C(=O)N(CCO)C3CC3)cnc2c1. The van der Waals surface area contributed by atoms with E-state index in [0.717, 1.165) is 18.4 Å². The first-order chi connectivity index (χ1) is 10.1. The summed E-state index contributed by atoms with van der Waals surface area (Å²) < 4.78 is 1.38. The Hall–Kier alpha value is -2.21. The number of amides is 1. The molecule has 2 heterocycles. The van der Waals surface area contributed by atoms with Gasteiger partial charge in [-0.2, -0.15) is 0 Å². The summed E-state index contributed by atoms with van der Waals surface area (Å²) >= 11 is 0. The number of fused-ring (bicyclic) bond motifs is 1. The van der Waals surface area contributed by atoms with Crippen LogP contribution < -0.4 is 5.56 Å². The van der Waals surface area contributed by atoms with Crippen molar-refractivity contribution in [3.8, 4) is 0 Å². The molecule has 0 bridgehead atoms. The monoisotopic (exact) mass is 287 g/mol. The molecular weight excluding hydrogens is 270 g/mol. The molecule has 1 saturated carbocycles. The second kappa shape index (κ2) is 5.29. The fourth-order valence-electron chi connectivity index (χ4n) is 2.42. The molecule has 0 radical (unpaired) electrons. The minimum absolute atomic E-state index is 0.0525. The Kier molecular flexibility index (Phi) is 3.47. The Morgan fingerprint density at radius 3 is 2.95 bits per heavy atom.